The zero-order chi connectivity index (χ0) is 10.7. The lowest BCUT2D eigenvalue weighted by molar-refractivity contribution is 0.281. The van der Waals surface area contributed by atoms with Crippen LogP contribution in [0.1, 0.15) is 18.1 Å². The number of aliphatic hydroxyl groups is 1. The Kier molecular flexibility index (Phi) is 3.66. The van der Waals surface area contributed by atoms with Crippen LogP contribution in [0.5, 0.6) is 0 Å². The molecule has 0 aliphatic heterocycles. The standard InChI is InChI=1S/C9H14ClN3O/c1-5(4-14)11-9-7(3)6(2)8(10)12-13-9/h5,14H,4H2,1-3H3,(H,11,13). The van der Waals surface area contributed by atoms with Crippen molar-refractivity contribution in [3.05, 3.63) is 16.3 Å². The summed E-state index contributed by atoms with van der Waals surface area (Å²) in [6, 6.07) is -0.0384. The first-order valence-electron chi connectivity index (χ1n) is 4.43. The van der Waals surface area contributed by atoms with E-state index in [4.69, 9.17) is 16.7 Å². The third-order valence-corrected chi connectivity index (χ3v) is 2.48. The lowest BCUT2D eigenvalue weighted by Crippen LogP contribution is -2.21. The fourth-order valence-electron chi connectivity index (χ4n) is 0.992. The van der Waals surface area contributed by atoms with Gasteiger partial charge in [-0.25, -0.2) is 0 Å². The molecule has 5 heteroatoms. The van der Waals surface area contributed by atoms with Gasteiger partial charge in [-0.15, -0.1) is 10.2 Å². The van der Waals surface area contributed by atoms with Crippen molar-refractivity contribution in [1.29, 1.82) is 0 Å². The first kappa shape index (κ1) is 11.2. The van der Waals surface area contributed by atoms with Crippen molar-refractivity contribution in [3.63, 3.8) is 0 Å². The van der Waals surface area contributed by atoms with Crippen LogP contribution in [0.2, 0.25) is 5.15 Å². The summed E-state index contributed by atoms with van der Waals surface area (Å²) in [5.41, 5.74) is 1.87. The van der Waals surface area contributed by atoms with E-state index in [2.05, 4.69) is 15.5 Å². The fourth-order valence-corrected chi connectivity index (χ4v) is 1.17. The minimum Gasteiger partial charge on any atom is -0.394 e. The van der Waals surface area contributed by atoms with E-state index < -0.39 is 0 Å². The van der Waals surface area contributed by atoms with E-state index >= 15 is 0 Å². The monoisotopic (exact) mass is 215 g/mol. The van der Waals surface area contributed by atoms with Crippen LogP contribution in [0.3, 0.4) is 0 Å². The molecule has 0 saturated heterocycles. The average molecular weight is 216 g/mol. The molecular weight excluding hydrogens is 202 g/mol. The maximum Gasteiger partial charge on any atom is 0.155 e. The molecule has 2 N–H and O–H groups in total. The Bertz CT molecular complexity index is 330. The second kappa shape index (κ2) is 4.57. The number of halogens is 1. The molecule has 0 aromatic carbocycles. The number of hydrogen-bond acceptors (Lipinski definition) is 4. The molecule has 0 saturated carbocycles. The van der Waals surface area contributed by atoms with Gasteiger partial charge in [0, 0.05) is 6.04 Å². The molecule has 0 spiro atoms. The van der Waals surface area contributed by atoms with Gasteiger partial charge in [0.2, 0.25) is 0 Å². The van der Waals surface area contributed by atoms with E-state index in [-0.39, 0.29) is 12.6 Å². The number of anilines is 1. The fraction of sp³-hybridized carbons (Fsp3) is 0.556. The van der Waals surface area contributed by atoms with Gasteiger partial charge < -0.3 is 10.4 Å². The third kappa shape index (κ3) is 2.33. The first-order chi connectivity index (χ1) is 6.56. The summed E-state index contributed by atoms with van der Waals surface area (Å²) < 4.78 is 0. The average Bonchev–Trinajstić information content (AvgIpc) is 2.19. The SMILES string of the molecule is Cc1c(Cl)nnc(NC(C)CO)c1C. The van der Waals surface area contributed by atoms with Crippen molar-refractivity contribution in [2.75, 3.05) is 11.9 Å². The Balaban J connectivity index is 2.94. The molecule has 0 radical (unpaired) electrons. The number of hydrogen-bond donors (Lipinski definition) is 2. The van der Waals surface area contributed by atoms with Crippen molar-refractivity contribution < 1.29 is 5.11 Å². The van der Waals surface area contributed by atoms with Crippen molar-refractivity contribution in [2.45, 2.75) is 26.8 Å². The van der Waals surface area contributed by atoms with E-state index in [0.717, 1.165) is 11.1 Å². The summed E-state index contributed by atoms with van der Waals surface area (Å²) in [4.78, 5) is 0. The molecule has 1 aromatic rings. The lowest BCUT2D eigenvalue weighted by Gasteiger charge is -2.14. The highest BCUT2D eigenvalue weighted by atomic mass is 35.5. The zero-order valence-electron chi connectivity index (χ0n) is 8.50. The van der Waals surface area contributed by atoms with Gasteiger partial charge >= 0.3 is 0 Å². The number of rotatable bonds is 3. The summed E-state index contributed by atoms with van der Waals surface area (Å²) in [6.07, 6.45) is 0. The molecule has 1 heterocycles. The van der Waals surface area contributed by atoms with Crippen LogP contribution in [0.15, 0.2) is 0 Å². The highest BCUT2D eigenvalue weighted by molar-refractivity contribution is 6.30. The van der Waals surface area contributed by atoms with E-state index in [1.807, 2.05) is 20.8 Å². The third-order valence-electron chi connectivity index (χ3n) is 2.12. The Labute approximate surface area is 88.3 Å². The minimum atomic E-state index is -0.0384. The second-order valence-electron chi connectivity index (χ2n) is 3.32. The quantitative estimate of drug-likeness (QED) is 0.803. The van der Waals surface area contributed by atoms with E-state index in [1.54, 1.807) is 0 Å². The lowest BCUT2D eigenvalue weighted by atomic mass is 10.2. The zero-order valence-corrected chi connectivity index (χ0v) is 9.26. The molecule has 0 aliphatic carbocycles. The van der Waals surface area contributed by atoms with E-state index in [9.17, 15) is 0 Å². The Morgan fingerprint density at radius 3 is 2.57 bits per heavy atom. The van der Waals surface area contributed by atoms with Gasteiger partial charge in [-0.1, -0.05) is 11.6 Å². The molecule has 0 amide bonds. The van der Waals surface area contributed by atoms with E-state index in [1.165, 1.54) is 0 Å². The Morgan fingerprint density at radius 1 is 1.36 bits per heavy atom. The van der Waals surface area contributed by atoms with Gasteiger partial charge in [0.15, 0.2) is 11.0 Å². The van der Waals surface area contributed by atoms with Crippen molar-refractivity contribution in [3.8, 4) is 0 Å². The minimum absolute atomic E-state index is 0.0384. The topological polar surface area (TPSA) is 58.0 Å². The van der Waals surface area contributed by atoms with E-state index in [0.29, 0.717) is 11.0 Å². The largest absolute Gasteiger partial charge is 0.394 e. The first-order valence-corrected chi connectivity index (χ1v) is 4.80. The molecule has 1 rings (SSSR count). The number of nitrogens with zero attached hydrogens (tertiary/aromatic N) is 2. The van der Waals surface area contributed by atoms with Crippen molar-refractivity contribution in [1.82, 2.24) is 10.2 Å². The summed E-state index contributed by atoms with van der Waals surface area (Å²) in [6.45, 7) is 5.73. The molecule has 78 valence electrons. The van der Waals surface area contributed by atoms with Gasteiger partial charge in [0.1, 0.15) is 0 Å². The maximum atomic E-state index is 8.87. The van der Waals surface area contributed by atoms with Crippen LogP contribution < -0.4 is 5.32 Å². The summed E-state index contributed by atoms with van der Waals surface area (Å²) in [5.74, 6) is 0.674. The number of aliphatic hydroxyl groups excluding tert-OH is 1. The van der Waals surface area contributed by atoms with Crippen LogP contribution in [0, 0.1) is 13.8 Å². The number of nitrogens with one attached hydrogen (secondary N) is 1. The highest BCUT2D eigenvalue weighted by Gasteiger charge is 2.09. The van der Waals surface area contributed by atoms with Crippen LogP contribution in [0.4, 0.5) is 5.82 Å². The summed E-state index contributed by atoms with van der Waals surface area (Å²) in [5, 5.41) is 20.1. The second-order valence-corrected chi connectivity index (χ2v) is 3.68. The Hall–Kier alpha value is -0.870. The maximum absolute atomic E-state index is 8.87. The van der Waals surface area contributed by atoms with Crippen LogP contribution in [0.25, 0.3) is 0 Å². The predicted octanol–water partition coefficient (Wildman–Crippen LogP) is 1.54. The summed E-state index contributed by atoms with van der Waals surface area (Å²) in [7, 11) is 0. The van der Waals surface area contributed by atoms with Gasteiger partial charge in [0.25, 0.3) is 0 Å². The van der Waals surface area contributed by atoms with Gasteiger partial charge in [-0.2, -0.15) is 0 Å². The highest BCUT2D eigenvalue weighted by Crippen LogP contribution is 2.20. The smallest absolute Gasteiger partial charge is 0.155 e. The van der Waals surface area contributed by atoms with Crippen molar-refractivity contribution in [2.24, 2.45) is 0 Å². The van der Waals surface area contributed by atoms with Crippen molar-refractivity contribution >= 4 is 17.4 Å². The molecule has 4 nitrogen and oxygen atoms in total. The van der Waals surface area contributed by atoms with Crippen LogP contribution >= 0.6 is 11.6 Å². The molecular formula is C9H14ClN3O. The predicted molar refractivity (Wildman–Crippen MR) is 56.7 cm³/mol. The molecule has 1 unspecified atom stereocenters. The normalized spacial score (nSPS) is 12.6. The van der Waals surface area contributed by atoms with Gasteiger partial charge in [-0.05, 0) is 31.9 Å². The number of aromatic nitrogens is 2. The Morgan fingerprint density at radius 2 is 2.00 bits per heavy atom. The van der Waals surface area contributed by atoms with Gasteiger partial charge in [0.05, 0.1) is 6.61 Å². The van der Waals surface area contributed by atoms with Gasteiger partial charge in [-0.3, -0.25) is 0 Å². The molecule has 1 aromatic heterocycles. The van der Waals surface area contributed by atoms with Crippen LogP contribution in [-0.2, 0) is 0 Å². The molecule has 14 heavy (non-hydrogen) atoms. The summed E-state index contributed by atoms with van der Waals surface area (Å²) >= 11 is 5.81. The molecule has 0 aliphatic rings. The molecule has 1 atom stereocenters. The van der Waals surface area contributed by atoms with Crippen LogP contribution in [-0.4, -0.2) is 28.0 Å². The molecule has 0 bridgehead atoms. The molecule has 0 fully saturated rings.